The van der Waals surface area contributed by atoms with Crippen LogP contribution in [-0.4, -0.2) is 79.4 Å². The third-order valence-corrected chi connectivity index (χ3v) is 11.7. The van der Waals surface area contributed by atoms with Gasteiger partial charge in [0.2, 0.25) is 0 Å². The van der Waals surface area contributed by atoms with Crippen LogP contribution in [0.2, 0.25) is 0 Å². The summed E-state index contributed by atoms with van der Waals surface area (Å²) >= 11 is 0. The van der Waals surface area contributed by atoms with E-state index in [1.807, 2.05) is 0 Å². The number of fused-ring (bicyclic) bond motifs is 5. The third kappa shape index (κ3) is 2.39. The van der Waals surface area contributed by atoms with Gasteiger partial charge >= 0.3 is 11.9 Å². The molecular formula is C27H34O11. The van der Waals surface area contributed by atoms with Crippen LogP contribution in [0.5, 0.6) is 0 Å². The van der Waals surface area contributed by atoms with Crippen molar-refractivity contribution in [1.82, 2.24) is 0 Å². The van der Waals surface area contributed by atoms with Gasteiger partial charge in [0.1, 0.15) is 23.1 Å². The highest BCUT2D eigenvalue weighted by Crippen LogP contribution is 2.80. The first-order valence-electron chi connectivity index (χ1n) is 13.0. The lowest BCUT2D eigenvalue weighted by atomic mass is 9.35. The Bertz CT molecular complexity index is 1230. The van der Waals surface area contributed by atoms with E-state index in [0.29, 0.717) is 5.56 Å². The maximum Gasteiger partial charge on any atom is 0.335 e. The molecule has 0 amide bonds. The zero-order valence-electron chi connectivity index (χ0n) is 21.7. The van der Waals surface area contributed by atoms with Gasteiger partial charge in [-0.15, -0.1) is 0 Å². The molecule has 5 fully saturated rings. The van der Waals surface area contributed by atoms with E-state index in [1.165, 1.54) is 12.5 Å². The standard InChI is InChI=1S/C27H34O11/c1-22-11-25(33)15(18(22)30)19(31)27(35)13(24(25,3)17(22)16(29)21(32)36-4)5-7-23(2)20(12-6-8-37-10-12)38-14(28)9-26(23,27)34/h6,8,10,13,15-17,19-20,29,31,33-35H,5,7,9,11H2,1-4H3/t13-,15-,16-,17+,19+,20+,22-,23+,24-,25+,26-,27+/m1/s1. The highest BCUT2D eigenvalue weighted by Gasteiger charge is 2.90. The van der Waals surface area contributed by atoms with E-state index < -0.39 is 93.3 Å². The number of carbonyl (C=O) groups excluding carboxylic acids is 3. The van der Waals surface area contributed by atoms with E-state index in [2.05, 4.69) is 0 Å². The Balaban J connectivity index is 1.58. The van der Waals surface area contributed by atoms with Crippen molar-refractivity contribution in [2.45, 2.75) is 81.6 Å². The minimum absolute atomic E-state index is 0.123. The summed E-state index contributed by atoms with van der Waals surface area (Å²) < 4.78 is 15.6. The molecule has 11 heteroatoms. The van der Waals surface area contributed by atoms with Gasteiger partial charge in [-0.25, -0.2) is 4.79 Å². The van der Waals surface area contributed by atoms with E-state index in [0.717, 1.165) is 7.11 Å². The van der Waals surface area contributed by atoms with Crippen LogP contribution in [0.15, 0.2) is 23.0 Å². The fourth-order valence-electron chi connectivity index (χ4n) is 10.0. The first kappa shape index (κ1) is 25.9. The number of carbonyl (C=O) groups is 3. The van der Waals surface area contributed by atoms with Gasteiger partial charge in [-0.1, -0.05) is 20.8 Å². The average molecular weight is 535 g/mol. The van der Waals surface area contributed by atoms with Gasteiger partial charge in [0.15, 0.2) is 6.10 Å². The minimum Gasteiger partial charge on any atom is -0.472 e. The Labute approximate surface area is 218 Å². The molecule has 0 radical (unpaired) electrons. The Morgan fingerprint density at radius 3 is 2.47 bits per heavy atom. The Morgan fingerprint density at radius 2 is 1.87 bits per heavy atom. The molecule has 12 atom stereocenters. The molecule has 6 rings (SSSR count). The summed E-state index contributed by atoms with van der Waals surface area (Å²) in [7, 11) is 1.10. The number of aliphatic hydroxyl groups excluding tert-OH is 2. The zero-order chi connectivity index (χ0) is 27.8. The fourth-order valence-corrected chi connectivity index (χ4v) is 10.0. The molecule has 1 saturated heterocycles. The molecule has 1 aromatic rings. The van der Waals surface area contributed by atoms with Crippen LogP contribution >= 0.6 is 0 Å². The molecule has 4 saturated carbocycles. The van der Waals surface area contributed by atoms with Gasteiger partial charge in [0.05, 0.1) is 43.7 Å². The van der Waals surface area contributed by atoms with Crippen molar-refractivity contribution < 1.29 is 53.8 Å². The first-order valence-corrected chi connectivity index (χ1v) is 13.0. The number of ketones is 1. The van der Waals surface area contributed by atoms with Crippen LogP contribution in [0.3, 0.4) is 0 Å². The minimum atomic E-state index is -2.48. The summed E-state index contributed by atoms with van der Waals surface area (Å²) in [6.07, 6.45) is -2.50. The molecule has 4 aliphatic carbocycles. The number of furan rings is 1. The van der Waals surface area contributed by atoms with E-state index in [1.54, 1.807) is 26.8 Å². The lowest BCUT2D eigenvalue weighted by molar-refractivity contribution is -0.380. The van der Waals surface area contributed by atoms with E-state index >= 15 is 0 Å². The van der Waals surface area contributed by atoms with Crippen molar-refractivity contribution in [3.05, 3.63) is 24.2 Å². The van der Waals surface area contributed by atoms with Crippen molar-refractivity contribution in [3.8, 4) is 0 Å². The van der Waals surface area contributed by atoms with Gasteiger partial charge in [0.25, 0.3) is 0 Å². The van der Waals surface area contributed by atoms with Gasteiger partial charge in [0, 0.05) is 33.6 Å². The summed E-state index contributed by atoms with van der Waals surface area (Å²) in [5.74, 6) is -6.24. The number of cyclic esters (lactones) is 1. The fraction of sp³-hybridized carbons (Fsp3) is 0.741. The normalized spacial score (nSPS) is 53.7. The number of esters is 2. The largest absolute Gasteiger partial charge is 0.472 e. The van der Waals surface area contributed by atoms with Crippen LogP contribution < -0.4 is 0 Å². The van der Waals surface area contributed by atoms with E-state index in [9.17, 15) is 39.9 Å². The topological polar surface area (TPSA) is 184 Å². The summed E-state index contributed by atoms with van der Waals surface area (Å²) in [6, 6.07) is 1.59. The van der Waals surface area contributed by atoms with E-state index in [4.69, 9.17) is 13.9 Å². The van der Waals surface area contributed by atoms with Crippen LogP contribution in [0, 0.1) is 34.0 Å². The third-order valence-electron chi connectivity index (χ3n) is 11.7. The predicted octanol–water partition coefficient (Wildman–Crippen LogP) is 0.0170. The Morgan fingerprint density at radius 1 is 1.18 bits per heavy atom. The molecule has 208 valence electrons. The first-order chi connectivity index (χ1) is 17.6. The second-order valence-corrected chi connectivity index (χ2v) is 12.8. The molecule has 5 N–H and O–H groups in total. The number of rotatable bonds is 3. The Hall–Kier alpha value is -2.31. The summed E-state index contributed by atoms with van der Waals surface area (Å²) in [5, 5.41) is 60.3. The lowest BCUT2D eigenvalue weighted by Gasteiger charge is -2.73. The Kier molecular flexibility index (Phi) is 4.95. The summed E-state index contributed by atoms with van der Waals surface area (Å²) in [4.78, 5) is 39.4. The molecule has 0 unspecified atom stereocenters. The molecule has 2 bridgehead atoms. The van der Waals surface area contributed by atoms with Crippen LogP contribution in [0.1, 0.15) is 58.1 Å². The summed E-state index contributed by atoms with van der Waals surface area (Å²) in [6.45, 7) is 4.80. The molecule has 38 heavy (non-hydrogen) atoms. The second-order valence-electron chi connectivity index (χ2n) is 12.8. The zero-order valence-corrected chi connectivity index (χ0v) is 21.7. The quantitative estimate of drug-likeness (QED) is 0.329. The number of ether oxygens (including phenoxy) is 2. The molecule has 1 aromatic heterocycles. The number of aliphatic hydroxyl groups is 5. The monoisotopic (exact) mass is 534 g/mol. The average Bonchev–Trinajstić information content (AvgIpc) is 3.49. The molecular weight excluding hydrogens is 500 g/mol. The van der Waals surface area contributed by atoms with Crippen molar-refractivity contribution in [2.24, 2.45) is 34.0 Å². The van der Waals surface area contributed by atoms with Gasteiger partial charge in [-0.2, -0.15) is 0 Å². The number of Topliss-reactive ketones (excluding diaryl/α,β-unsaturated/α-hetero) is 1. The molecule has 5 aliphatic rings. The van der Waals surface area contributed by atoms with Crippen molar-refractivity contribution in [3.63, 3.8) is 0 Å². The van der Waals surface area contributed by atoms with Crippen molar-refractivity contribution in [1.29, 1.82) is 0 Å². The number of hydrogen-bond acceptors (Lipinski definition) is 11. The van der Waals surface area contributed by atoms with Gasteiger partial charge in [-0.3, -0.25) is 9.59 Å². The van der Waals surface area contributed by atoms with Gasteiger partial charge in [-0.05, 0) is 25.3 Å². The van der Waals surface area contributed by atoms with Gasteiger partial charge < -0.3 is 39.4 Å². The van der Waals surface area contributed by atoms with E-state index in [-0.39, 0.29) is 19.3 Å². The molecule has 0 aromatic carbocycles. The number of hydrogen-bond donors (Lipinski definition) is 5. The lowest BCUT2D eigenvalue weighted by Crippen LogP contribution is -2.86. The molecule has 2 heterocycles. The highest BCUT2D eigenvalue weighted by molar-refractivity contribution is 5.95. The smallest absolute Gasteiger partial charge is 0.335 e. The second kappa shape index (κ2) is 7.25. The summed E-state index contributed by atoms with van der Waals surface area (Å²) in [5.41, 5.74) is -10.5. The maximum atomic E-state index is 13.9. The van der Waals surface area contributed by atoms with Crippen molar-refractivity contribution >= 4 is 17.7 Å². The van der Waals surface area contributed by atoms with Crippen LogP contribution in [0.4, 0.5) is 0 Å². The highest BCUT2D eigenvalue weighted by atomic mass is 16.6. The molecule has 1 aliphatic heterocycles. The number of methoxy groups -OCH3 is 1. The SMILES string of the molecule is COC(=O)[C@H](O)[C@@H]1[C@@]2(C)[C@H]3CC[C@@]4(C)[C@H](c5ccoc5)OC(=O)C[C@]4(O)[C@@]3(O)[C@@H](O)[C@H]3C(=O)[C@]1(C)C[C@]32O. The van der Waals surface area contributed by atoms with Crippen molar-refractivity contribution in [2.75, 3.05) is 7.11 Å². The molecule has 11 nitrogen and oxygen atoms in total. The maximum absolute atomic E-state index is 13.9. The van der Waals surface area contributed by atoms with Crippen LogP contribution in [-0.2, 0) is 23.9 Å². The van der Waals surface area contributed by atoms with Crippen LogP contribution in [0.25, 0.3) is 0 Å². The predicted molar refractivity (Wildman–Crippen MR) is 125 cm³/mol. The molecule has 0 spiro atoms.